The molecule has 1 amide bonds. The lowest BCUT2D eigenvalue weighted by Crippen LogP contribution is -2.41. The van der Waals surface area contributed by atoms with Crippen LogP contribution in [0.3, 0.4) is 0 Å². The van der Waals surface area contributed by atoms with Gasteiger partial charge in [-0.15, -0.1) is 0 Å². The van der Waals surface area contributed by atoms with Gasteiger partial charge in [0.2, 0.25) is 11.7 Å². The van der Waals surface area contributed by atoms with Crippen LogP contribution in [0, 0.1) is 0 Å². The molecule has 1 aliphatic rings. The minimum absolute atomic E-state index is 0.0608. The van der Waals surface area contributed by atoms with Crippen molar-refractivity contribution < 1.29 is 23.6 Å². The number of likely N-dealkylation sites (tertiary alicyclic amines) is 1. The summed E-state index contributed by atoms with van der Waals surface area (Å²) in [6.07, 6.45) is 4.08. The first-order valence-electron chi connectivity index (χ1n) is 10.6. The predicted octanol–water partition coefficient (Wildman–Crippen LogP) is 3.44. The zero-order valence-electron chi connectivity index (χ0n) is 17.8. The molecule has 4 rings (SSSR count). The van der Waals surface area contributed by atoms with Gasteiger partial charge in [0.05, 0.1) is 6.61 Å². The molecule has 9 nitrogen and oxygen atoms in total. The third kappa shape index (κ3) is 4.93. The maximum Gasteiger partial charge on any atom is 0.356 e. The molecule has 0 N–H and O–H groups in total. The highest BCUT2D eigenvalue weighted by Gasteiger charge is 2.32. The van der Waals surface area contributed by atoms with Crippen molar-refractivity contribution in [2.24, 2.45) is 0 Å². The largest absolute Gasteiger partial charge is 0.484 e. The van der Waals surface area contributed by atoms with Crippen LogP contribution in [0.1, 0.15) is 48.6 Å². The van der Waals surface area contributed by atoms with Crippen LogP contribution in [0.25, 0.3) is 11.4 Å². The van der Waals surface area contributed by atoms with Crippen LogP contribution in [0.4, 0.5) is 0 Å². The summed E-state index contributed by atoms with van der Waals surface area (Å²) in [5.41, 5.74) is 0.752. The van der Waals surface area contributed by atoms with Gasteiger partial charge in [0.25, 0.3) is 5.91 Å². The van der Waals surface area contributed by atoms with Crippen LogP contribution in [0.5, 0.6) is 5.75 Å². The maximum absolute atomic E-state index is 12.9. The number of hydrogen-bond donors (Lipinski definition) is 0. The molecule has 1 aromatic carbocycles. The van der Waals surface area contributed by atoms with Gasteiger partial charge < -0.3 is 18.9 Å². The Morgan fingerprint density at radius 1 is 1.19 bits per heavy atom. The summed E-state index contributed by atoms with van der Waals surface area (Å²) < 4.78 is 16.1. The molecular weight excluding hydrogens is 412 g/mol. The van der Waals surface area contributed by atoms with Crippen LogP contribution in [0.2, 0.25) is 0 Å². The van der Waals surface area contributed by atoms with Gasteiger partial charge in [0.1, 0.15) is 17.5 Å². The fraction of sp³-hybridized carbons (Fsp3) is 0.348. The van der Waals surface area contributed by atoms with Crippen molar-refractivity contribution in [2.75, 3.05) is 19.8 Å². The monoisotopic (exact) mass is 436 g/mol. The lowest BCUT2D eigenvalue weighted by Gasteiger charge is -2.33. The van der Waals surface area contributed by atoms with E-state index in [2.05, 4.69) is 15.1 Å². The number of benzene rings is 1. The van der Waals surface area contributed by atoms with Crippen molar-refractivity contribution in [3.63, 3.8) is 0 Å². The highest BCUT2D eigenvalue weighted by atomic mass is 16.5. The summed E-state index contributed by atoms with van der Waals surface area (Å²) in [4.78, 5) is 35.1. The number of esters is 1. The Hall–Kier alpha value is -3.75. The number of hydrogen-bond acceptors (Lipinski definition) is 8. The number of pyridine rings is 1. The predicted molar refractivity (Wildman–Crippen MR) is 114 cm³/mol. The van der Waals surface area contributed by atoms with E-state index < -0.39 is 5.97 Å². The smallest absolute Gasteiger partial charge is 0.356 e. The Kier molecular flexibility index (Phi) is 6.74. The molecule has 1 saturated heterocycles. The highest BCUT2D eigenvalue weighted by Crippen LogP contribution is 2.31. The number of para-hydroxylation sites is 1. The first kappa shape index (κ1) is 21.5. The number of nitrogens with zero attached hydrogens (tertiary/aromatic N) is 4. The summed E-state index contributed by atoms with van der Waals surface area (Å²) in [5.74, 6) is 0.686. The zero-order valence-corrected chi connectivity index (χ0v) is 17.8. The molecule has 1 unspecified atom stereocenters. The van der Waals surface area contributed by atoms with Crippen molar-refractivity contribution in [1.82, 2.24) is 20.0 Å². The normalized spacial score (nSPS) is 15.9. The molecule has 0 aliphatic carbocycles. The van der Waals surface area contributed by atoms with Gasteiger partial charge in [0.15, 0.2) is 6.61 Å². The molecular formula is C23H24N4O5. The second-order valence-electron chi connectivity index (χ2n) is 7.31. The van der Waals surface area contributed by atoms with Gasteiger partial charge in [-0.05, 0) is 50.5 Å². The fourth-order valence-electron chi connectivity index (χ4n) is 3.61. The number of piperidine rings is 1. The summed E-state index contributed by atoms with van der Waals surface area (Å²) in [7, 11) is 0. The molecule has 0 radical (unpaired) electrons. The molecule has 1 atom stereocenters. The third-order valence-electron chi connectivity index (χ3n) is 5.16. The fourth-order valence-corrected chi connectivity index (χ4v) is 3.61. The summed E-state index contributed by atoms with van der Waals surface area (Å²) in [6.45, 7) is 2.53. The number of rotatable bonds is 7. The molecule has 1 fully saturated rings. The lowest BCUT2D eigenvalue weighted by atomic mass is 10.0. The van der Waals surface area contributed by atoms with Crippen molar-refractivity contribution >= 4 is 11.9 Å². The van der Waals surface area contributed by atoms with Crippen LogP contribution >= 0.6 is 0 Å². The molecule has 0 spiro atoms. The molecule has 0 bridgehead atoms. The van der Waals surface area contributed by atoms with Gasteiger partial charge >= 0.3 is 5.97 Å². The SMILES string of the molecule is CCOC(=O)c1cc(-c2noc(C3CCCCN3C(=O)COc3ccccc3)n2)ccn1. The molecule has 0 saturated carbocycles. The van der Waals surface area contributed by atoms with E-state index >= 15 is 0 Å². The van der Waals surface area contributed by atoms with E-state index in [-0.39, 0.29) is 30.9 Å². The molecule has 2 aromatic heterocycles. The average Bonchev–Trinajstić information content (AvgIpc) is 3.34. The van der Waals surface area contributed by atoms with Crippen molar-refractivity contribution in [3.05, 3.63) is 60.2 Å². The Labute approximate surface area is 185 Å². The third-order valence-corrected chi connectivity index (χ3v) is 5.16. The van der Waals surface area contributed by atoms with E-state index in [9.17, 15) is 9.59 Å². The molecule has 9 heteroatoms. The van der Waals surface area contributed by atoms with Crippen molar-refractivity contribution in [1.29, 1.82) is 0 Å². The number of carbonyl (C=O) groups is 2. The van der Waals surface area contributed by atoms with E-state index in [0.29, 0.717) is 29.6 Å². The van der Waals surface area contributed by atoms with Crippen molar-refractivity contribution in [2.45, 2.75) is 32.2 Å². The molecule has 3 heterocycles. The van der Waals surface area contributed by atoms with E-state index in [0.717, 1.165) is 19.3 Å². The lowest BCUT2D eigenvalue weighted by molar-refractivity contribution is -0.138. The van der Waals surface area contributed by atoms with Crippen molar-refractivity contribution in [3.8, 4) is 17.1 Å². The Morgan fingerprint density at radius 2 is 2.03 bits per heavy atom. The van der Waals surface area contributed by atoms with Crippen LogP contribution in [0.15, 0.2) is 53.2 Å². The Balaban J connectivity index is 1.48. The average molecular weight is 436 g/mol. The van der Waals surface area contributed by atoms with E-state index in [1.165, 1.54) is 6.20 Å². The highest BCUT2D eigenvalue weighted by molar-refractivity contribution is 5.88. The van der Waals surface area contributed by atoms with Gasteiger partial charge in [-0.1, -0.05) is 23.4 Å². The summed E-state index contributed by atoms with van der Waals surface area (Å²) in [5, 5.41) is 4.06. The van der Waals surface area contributed by atoms with Gasteiger partial charge in [-0.25, -0.2) is 9.78 Å². The zero-order chi connectivity index (χ0) is 22.3. The second-order valence-corrected chi connectivity index (χ2v) is 7.31. The molecule has 32 heavy (non-hydrogen) atoms. The van der Waals surface area contributed by atoms with E-state index in [4.69, 9.17) is 14.0 Å². The number of aromatic nitrogens is 3. The van der Waals surface area contributed by atoms with Crippen LogP contribution < -0.4 is 4.74 Å². The van der Waals surface area contributed by atoms with E-state index in [1.54, 1.807) is 24.0 Å². The van der Waals surface area contributed by atoms with E-state index in [1.807, 2.05) is 30.3 Å². The van der Waals surface area contributed by atoms with Gasteiger partial charge in [-0.3, -0.25) is 4.79 Å². The molecule has 3 aromatic rings. The molecule has 1 aliphatic heterocycles. The first-order valence-corrected chi connectivity index (χ1v) is 10.6. The number of carbonyl (C=O) groups excluding carboxylic acids is 2. The Bertz CT molecular complexity index is 1070. The van der Waals surface area contributed by atoms with Gasteiger partial charge in [-0.2, -0.15) is 4.98 Å². The minimum atomic E-state index is -0.513. The Morgan fingerprint density at radius 3 is 2.84 bits per heavy atom. The summed E-state index contributed by atoms with van der Waals surface area (Å²) in [6, 6.07) is 12.2. The standard InChI is InChI=1S/C23H24N4O5/c1-2-30-23(29)18-14-16(11-12-24-18)21-25-22(32-26-21)19-10-6-7-13-27(19)20(28)15-31-17-8-4-3-5-9-17/h3-5,8-9,11-12,14,19H,2,6-7,10,13,15H2,1H3. The first-order chi connectivity index (χ1) is 15.7. The number of amides is 1. The molecule has 166 valence electrons. The van der Waals surface area contributed by atoms with Gasteiger partial charge in [0, 0.05) is 18.3 Å². The summed E-state index contributed by atoms with van der Waals surface area (Å²) >= 11 is 0. The quantitative estimate of drug-likeness (QED) is 0.518. The number of ether oxygens (including phenoxy) is 2. The minimum Gasteiger partial charge on any atom is -0.484 e. The van der Waals surface area contributed by atoms with Crippen LogP contribution in [-0.4, -0.2) is 51.7 Å². The maximum atomic E-state index is 12.9. The second kappa shape index (κ2) is 10.0. The van der Waals surface area contributed by atoms with Crippen LogP contribution in [-0.2, 0) is 9.53 Å². The topological polar surface area (TPSA) is 108 Å².